The summed E-state index contributed by atoms with van der Waals surface area (Å²) >= 11 is 0. The van der Waals surface area contributed by atoms with Crippen LogP contribution in [0.5, 0.6) is 0 Å². The SMILES string of the molecule is CC[C@@H](C(=O)NC1CCCC1)N(CCc1ccccc1)C(=O)CN(c1ccc(C)c(C)c1)S(=O)(=O)c1ccc(C)cc1. The maximum atomic E-state index is 14.2. The van der Waals surface area contributed by atoms with Gasteiger partial charge in [-0.25, -0.2) is 8.42 Å². The molecule has 224 valence electrons. The summed E-state index contributed by atoms with van der Waals surface area (Å²) in [7, 11) is -4.08. The molecule has 0 radical (unpaired) electrons. The van der Waals surface area contributed by atoms with Crippen LogP contribution in [0.1, 0.15) is 61.3 Å². The molecule has 0 spiro atoms. The Labute approximate surface area is 251 Å². The van der Waals surface area contributed by atoms with Crippen LogP contribution in [-0.4, -0.2) is 50.3 Å². The molecule has 1 aliphatic carbocycles. The van der Waals surface area contributed by atoms with Crippen molar-refractivity contribution < 1.29 is 18.0 Å². The van der Waals surface area contributed by atoms with Crippen LogP contribution in [0.15, 0.2) is 77.7 Å². The molecule has 2 amide bonds. The molecule has 0 aromatic heterocycles. The number of sulfonamides is 1. The zero-order valence-electron chi connectivity index (χ0n) is 25.2. The highest BCUT2D eigenvalue weighted by Crippen LogP contribution is 2.27. The van der Waals surface area contributed by atoms with Gasteiger partial charge in [-0.2, -0.15) is 0 Å². The van der Waals surface area contributed by atoms with E-state index in [0.717, 1.165) is 47.9 Å². The zero-order valence-corrected chi connectivity index (χ0v) is 26.0. The Hall–Kier alpha value is -3.65. The second kappa shape index (κ2) is 14.0. The molecule has 3 aromatic rings. The average Bonchev–Trinajstić information content (AvgIpc) is 3.49. The maximum absolute atomic E-state index is 14.2. The Bertz CT molecular complexity index is 1470. The van der Waals surface area contributed by atoms with Crippen molar-refractivity contribution in [2.45, 2.75) is 83.2 Å². The Kier molecular flexibility index (Phi) is 10.4. The molecule has 0 unspecified atom stereocenters. The van der Waals surface area contributed by atoms with E-state index in [0.29, 0.717) is 25.1 Å². The molecule has 3 aromatic carbocycles. The number of hydrogen-bond acceptors (Lipinski definition) is 4. The van der Waals surface area contributed by atoms with Gasteiger partial charge in [-0.1, -0.05) is 73.9 Å². The van der Waals surface area contributed by atoms with Crippen molar-refractivity contribution in [1.29, 1.82) is 0 Å². The predicted molar refractivity (Wildman–Crippen MR) is 168 cm³/mol. The Morgan fingerprint density at radius 3 is 2.19 bits per heavy atom. The monoisotopic (exact) mass is 589 g/mol. The molecule has 1 N–H and O–H groups in total. The third-order valence-corrected chi connectivity index (χ3v) is 10.0. The highest BCUT2D eigenvalue weighted by molar-refractivity contribution is 7.92. The van der Waals surface area contributed by atoms with Gasteiger partial charge < -0.3 is 10.2 Å². The lowest BCUT2D eigenvalue weighted by molar-refractivity contribution is -0.139. The van der Waals surface area contributed by atoms with Crippen molar-refractivity contribution in [2.75, 3.05) is 17.4 Å². The van der Waals surface area contributed by atoms with Crippen LogP contribution in [0.4, 0.5) is 5.69 Å². The van der Waals surface area contributed by atoms with Crippen molar-refractivity contribution in [3.63, 3.8) is 0 Å². The van der Waals surface area contributed by atoms with E-state index in [1.807, 2.05) is 64.1 Å². The number of carbonyl (C=O) groups excluding carboxylic acids is 2. The van der Waals surface area contributed by atoms with E-state index in [-0.39, 0.29) is 16.8 Å². The summed E-state index contributed by atoms with van der Waals surface area (Å²) in [5.41, 5.74) is 4.34. The fraction of sp³-hybridized carbons (Fsp3) is 0.412. The molecule has 1 fully saturated rings. The largest absolute Gasteiger partial charge is 0.352 e. The van der Waals surface area contributed by atoms with E-state index in [1.165, 1.54) is 4.31 Å². The van der Waals surface area contributed by atoms with Crippen LogP contribution >= 0.6 is 0 Å². The second-order valence-corrected chi connectivity index (χ2v) is 13.2. The third kappa shape index (κ3) is 7.59. The molecule has 8 heteroatoms. The fourth-order valence-electron chi connectivity index (χ4n) is 5.51. The van der Waals surface area contributed by atoms with Crippen LogP contribution < -0.4 is 9.62 Å². The number of aryl methyl sites for hydroxylation is 3. The first-order chi connectivity index (χ1) is 20.1. The standard InChI is InChI=1S/C34H43N3O4S/c1-5-32(34(39)35-29-13-9-10-14-29)36(22-21-28-11-7-6-8-12-28)33(38)24-37(30-18-17-26(3)27(4)23-30)42(40,41)31-19-15-25(2)16-20-31/h6-8,11-12,15-20,23,29,32H,5,9-10,13-14,21-22,24H2,1-4H3,(H,35,39)/t32-/m0/s1. The Balaban J connectivity index is 1.69. The number of anilines is 1. The van der Waals surface area contributed by atoms with Crippen molar-refractivity contribution >= 4 is 27.5 Å². The van der Waals surface area contributed by atoms with E-state index < -0.39 is 28.5 Å². The van der Waals surface area contributed by atoms with Gasteiger partial charge in [0, 0.05) is 12.6 Å². The molecule has 7 nitrogen and oxygen atoms in total. The molecule has 0 aliphatic heterocycles. The van der Waals surface area contributed by atoms with Crippen LogP contribution in [0, 0.1) is 20.8 Å². The quantitative estimate of drug-likeness (QED) is 0.293. The van der Waals surface area contributed by atoms with E-state index in [2.05, 4.69) is 5.32 Å². The first-order valence-electron chi connectivity index (χ1n) is 14.9. The van der Waals surface area contributed by atoms with Gasteiger partial charge in [0.25, 0.3) is 10.0 Å². The smallest absolute Gasteiger partial charge is 0.264 e. The predicted octanol–water partition coefficient (Wildman–Crippen LogP) is 5.72. The summed E-state index contributed by atoms with van der Waals surface area (Å²) in [5.74, 6) is -0.585. The van der Waals surface area contributed by atoms with E-state index in [1.54, 1.807) is 41.3 Å². The number of carbonyl (C=O) groups is 2. The lowest BCUT2D eigenvalue weighted by atomic mass is 10.1. The lowest BCUT2D eigenvalue weighted by Gasteiger charge is -2.34. The molecule has 4 rings (SSSR count). The van der Waals surface area contributed by atoms with Crippen molar-refractivity contribution in [1.82, 2.24) is 10.2 Å². The van der Waals surface area contributed by atoms with E-state index in [9.17, 15) is 18.0 Å². The van der Waals surface area contributed by atoms with Gasteiger partial charge >= 0.3 is 0 Å². The minimum absolute atomic E-state index is 0.112. The molecule has 0 saturated heterocycles. The van der Waals surface area contributed by atoms with Gasteiger partial charge in [-0.05, 0) is 87.4 Å². The molecule has 1 saturated carbocycles. The van der Waals surface area contributed by atoms with Gasteiger partial charge in [0.2, 0.25) is 11.8 Å². The molecular weight excluding hydrogens is 546 g/mol. The Morgan fingerprint density at radius 1 is 0.905 bits per heavy atom. The highest BCUT2D eigenvalue weighted by Gasteiger charge is 2.34. The van der Waals surface area contributed by atoms with Crippen LogP contribution in [0.25, 0.3) is 0 Å². The van der Waals surface area contributed by atoms with Gasteiger partial charge in [0.15, 0.2) is 0 Å². The number of hydrogen-bond donors (Lipinski definition) is 1. The van der Waals surface area contributed by atoms with Crippen molar-refractivity contribution in [3.05, 3.63) is 95.1 Å². The normalized spacial score (nSPS) is 14.4. The topological polar surface area (TPSA) is 86.8 Å². The number of amides is 2. The average molecular weight is 590 g/mol. The summed E-state index contributed by atoms with van der Waals surface area (Å²) in [6.45, 7) is 7.55. The van der Waals surface area contributed by atoms with Crippen LogP contribution in [0.3, 0.4) is 0 Å². The summed E-state index contributed by atoms with van der Waals surface area (Å²) in [6.07, 6.45) is 5.02. The van der Waals surface area contributed by atoms with Crippen LogP contribution in [-0.2, 0) is 26.0 Å². The summed E-state index contributed by atoms with van der Waals surface area (Å²) in [5, 5.41) is 3.16. The number of rotatable bonds is 12. The lowest BCUT2D eigenvalue weighted by Crippen LogP contribution is -2.54. The minimum Gasteiger partial charge on any atom is -0.352 e. The Morgan fingerprint density at radius 2 is 1.57 bits per heavy atom. The summed E-state index contributed by atoms with van der Waals surface area (Å²) in [6, 6.07) is 21.3. The molecule has 0 heterocycles. The van der Waals surface area contributed by atoms with Crippen molar-refractivity contribution in [3.8, 4) is 0 Å². The third-order valence-electron chi connectivity index (χ3n) is 8.24. The summed E-state index contributed by atoms with van der Waals surface area (Å²) in [4.78, 5) is 29.4. The second-order valence-electron chi connectivity index (χ2n) is 11.3. The first kappa shape index (κ1) is 31.3. The molecule has 1 aliphatic rings. The van der Waals surface area contributed by atoms with Gasteiger partial charge in [0.05, 0.1) is 10.6 Å². The van der Waals surface area contributed by atoms with Gasteiger partial charge in [0.1, 0.15) is 12.6 Å². The first-order valence-corrected chi connectivity index (χ1v) is 16.3. The zero-order chi connectivity index (χ0) is 30.3. The summed E-state index contributed by atoms with van der Waals surface area (Å²) < 4.78 is 29.3. The van der Waals surface area contributed by atoms with Gasteiger partial charge in [-0.15, -0.1) is 0 Å². The molecule has 1 atom stereocenters. The minimum atomic E-state index is -4.08. The van der Waals surface area contributed by atoms with Gasteiger partial charge in [-0.3, -0.25) is 13.9 Å². The maximum Gasteiger partial charge on any atom is 0.264 e. The van der Waals surface area contributed by atoms with E-state index >= 15 is 0 Å². The van der Waals surface area contributed by atoms with Crippen LogP contribution in [0.2, 0.25) is 0 Å². The molecule has 42 heavy (non-hydrogen) atoms. The molecule has 0 bridgehead atoms. The fourth-order valence-corrected chi connectivity index (χ4v) is 6.92. The highest BCUT2D eigenvalue weighted by atomic mass is 32.2. The molecular formula is C34H43N3O4S. The van der Waals surface area contributed by atoms with Crippen molar-refractivity contribution in [2.24, 2.45) is 0 Å². The van der Waals surface area contributed by atoms with E-state index in [4.69, 9.17) is 0 Å². The number of benzene rings is 3. The number of nitrogens with zero attached hydrogens (tertiary/aromatic N) is 2. The number of nitrogens with one attached hydrogen (secondary N) is 1.